The Balaban J connectivity index is 2.08. The molecule has 4 nitrogen and oxygen atoms in total. The highest BCUT2D eigenvalue weighted by molar-refractivity contribution is 8.02. The Morgan fingerprint density at radius 2 is 2.18 bits per heavy atom. The SMILES string of the molecule is Cc1nc(Sc2nc(CC(=O)O)cs2)sc1C. The maximum atomic E-state index is 10.5. The monoisotopic (exact) mass is 286 g/mol. The number of hydrogen-bond acceptors (Lipinski definition) is 6. The second-order valence-electron chi connectivity index (χ2n) is 3.40. The summed E-state index contributed by atoms with van der Waals surface area (Å²) < 4.78 is 1.80. The van der Waals surface area contributed by atoms with Crippen LogP contribution in [0.3, 0.4) is 0 Å². The average Bonchev–Trinajstić information content (AvgIpc) is 2.75. The predicted octanol–water partition coefficient (Wildman–Crippen LogP) is 2.99. The lowest BCUT2D eigenvalue weighted by molar-refractivity contribution is -0.136. The van der Waals surface area contributed by atoms with Crippen molar-refractivity contribution in [2.75, 3.05) is 0 Å². The van der Waals surface area contributed by atoms with Gasteiger partial charge in [-0.2, -0.15) is 0 Å². The molecule has 0 bridgehead atoms. The minimum Gasteiger partial charge on any atom is -0.481 e. The molecule has 2 rings (SSSR count). The Bertz CT molecular complexity index is 528. The van der Waals surface area contributed by atoms with Crippen LogP contribution < -0.4 is 0 Å². The molecule has 0 fully saturated rings. The summed E-state index contributed by atoms with van der Waals surface area (Å²) in [5, 5.41) is 10.4. The summed E-state index contributed by atoms with van der Waals surface area (Å²) >= 11 is 4.58. The molecule has 2 aromatic rings. The maximum absolute atomic E-state index is 10.5. The molecule has 0 spiro atoms. The van der Waals surface area contributed by atoms with Crippen molar-refractivity contribution in [3.63, 3.8) is 0 Å². The van der Waals surface area contributed by atoms with Crippen LogP contribution in [0.4, 0.5) is 0 Å². The number of aryl methyl sites for hydroxylation is 2. The van der Waals surface area contributed by atoms with Gasteiger partial charge < -0.3 is 5.11 Å². The van der Waals surface area contributed by atoms with Crippen molar-refractivity contribution in [2.45, 2.75) is 28.9 Å². The third-order valence-corrected chi connectivity index (χ3v) is 5.17. The fraction of sp³-hybridized carbons (Fsp3) is 0.300. The predicted molar refractivity (Wildman–Crippen MR) is 69.2 cm³/mol. The van der Waals surface area contributed by atoms with E-state index in [4.69, 9.17) is 5.11 Å². The first-order valence-corrected chi connectivity index (χ1v) is 7.34. The standard InChI is InChI=1S/C10H10N2O2S3/c1-5-6(2)16-10(11-5)17-9-12-7(4-15-9)3-8(13)14/h4H,3H2,1-2H3,(H,13,14). The molecule has 0 saturated heterocycles. The summed E-state index contributed by atoms with van der Waals surface area (Å²) in [4.78, 5) is 20.4. The highest BCUT2D eigenvalue weighted by Gasteiger charge is 2.10. The van der Waals surface area contributed by atoms with Crippen LogP contribution in [0.2, 0.25) is 0 Å². The fourth-order valence-corrected chi connectivity index (χ4v) is 4.32. The van der Waals surface area contributed by atoms with E-state index in [1.54, 1.807) is 16.7 Å². The molecule has 2 heterocycles. The van der Waals surface area contributed by atoms with Crippen LogP contribution in [-0.4, -0.2) is 21.0 Å². The quantitative estimate of drug-likeness (QED) is 0.936. The van der Waals surface area contributed by atoms with Crippen LogP contribution in [0.25, 0.3) is 0 Å². The van der Waals surface area contributed by atoms with E-state index in [1.165, 1.54) is 28.0 Å². The van der Waals surface area contributed by atoms with Crippen LogP contribution in [0.1, 0.15) is 16.3 Å². The molecule has 7 heteroatoms. The third-order valence-electron chi connectivity index (χ3n) is 2.05. The lowest BCUT2D eigenvalue weighted by atomic mass is 10.3. The van der Waals surface area contributed by atoms with Crippen LogP contribution >= 0.6 is 34.4 Å². The molecule has 0 aromatic carbocycles. The molecule has 2 aromatic heterocycles. The van der Waals surface area contributed by atoms with Gasteiger partial charge >= 0.3 is 5.97 Å². The van der Waals surface area contributed by atoms with E-state index >= 15 is 0 Å². The Morgan fingerprint density at radius 1 is 1.41 bits per heavy atom. The molecule has 1 N–H and O–H groups in total. The molecule has 0 atom stereocenters. The molecular formula is C10H10N2O2S3. The van der Waals surface area contributed by atoms with Crippen molar-refractivity contribution in [3.8, 4) is 0 Å². The molecule has 17 heavy (non-hydrogen) atoms. The number of carboxylic acid groups (broad SMARTS) is 1. The first-order valence-electron chi connectivity index (χ1n) is 4.82. The summed E-state index contributed by atoms with van der Waals surface area (Å²) in [5.41, 5.74) is 1.65. The van der Waals surface area contributed by atoms with Crippen LogP contribution in [0.15, 0.2) is 14.1 Å². The number of carboxylic acids is 1. The summed E-state index contributed by atoms with van der Waals surface area (Å²) in [7, 11) is 0. The first-order chi connectivity index (χ1) is 8.04. The van der Waals surface area contributed by atoms with Gasteiger partial charge in [0.25, 0.3) is 0 Å². The van der Waals surface area contributed by atoms with E-state index < -0.39 is 5.97 Å². The van der Waals surface area contributed by atoms with Gasteiger partial charge in [-0.1, -0.05) is 0 Å². The lowest BCUT2D eigenvalue weighted by Crippen LogP contribution is -1.99. The molecular weight excluding hydrogens is 276 g/mol. The van der Waals surface area contributed by atoms with E-state index in [-0.39, 0.29) is 6.42 Å². The number of nitrogens with zero attached hydrogens (tertiary/aromatic N) is 2. The second-order valence-corrected chi connectivity index (χ2v) is 6.95. The van der Waals surface area contributed by atoms with Crippen molar-refractivity contribution >= 4 is 40.4 Å². The number of aliphatic carboxylic acids is 1. The van der Waals surface area contributed by atoms with Crippen molar-refractivity contribution in [3.05, 3.63) is 21.6 Å². The van der Waals surface area contributed by atoms with E-state index in [1.807, 2.05) is 13.8 Å². The van der Waals surface area contributed by atoms with Gasteiger partial charge in [-0.05, 0) is 25.6 Å². The largest absolute Gasteiger partial charge is 0.481 e. The molecule has 90 valence electrons. The minimum absolute atomic E-state index is 0.0208. The highest BCUT2D eigenvalue weighted by atomic mass is 32.2. The van der Waals surface area contributed by atoms with E-state index in [9.17, 15) is 4.79 Å². The Labute approximate surface area is 111 Å². The van der Waals surface area contributed by atoms with E-state index in [2.05, 4.69) is 9.97 Å². The second kappa shape index (κ2) is 5.16. The number of aromatic nitrogens is 2. The van der Waals surface area contributed by atoms with Gasteiger partial charge in [-0.3, -0.25) is 4.79 Å². The molecule has 0 unspecified atom stereocenters. The summed E-state index contributed by atoms with van der Waals surface area (Å²) in [6, 6.07) is 0. The number of carbonyl (C=O) groups is 1. The van der Waals surface area contributed by atoms with Gasteiger partial charge in [0.1, 0.15) is 0 Å². The topological polar surface area (TPSA) is 63.1 Å². The minimum atomic E-state index is -0.854. The Morgan fingerprint density at radius 3 is 2.76 bits per heavy atom. The molecule has 0 aliphatic carbocycles. The summed E-state index contributed by atoms with van der Waals surface area (Å²) in [5.74, 6) is -0.854. The van der Waals surface area contributed by atoms with Gasteiger partial charge in [0.15, 0.2) is 8.68 Å². The van der Waals surface area contributed by atoms with Gasteiger partial charge in [-0.25, -0.2) is 9.97 Å². The fourth-order valence-electron chi connectivity index (χ4n) is 1.13. The van der Waals surface area contributed by atoms with Gasteiger partial charge in [-0.15, -0.1) is 22.7 Å². The maximum Gasteiger partial charge on any atom is 0.309 e. The normalized spacial score (nSPS) is 10.7. The van der Waals surface area contributed by atoms with Gasteiger partial charge in [0.2, 0.25) is 0 Å². The smallest absolute Gasteiger partial charge is 0.309 e. The zero-order valence-electron chi connectivity index (χ0n) is 9.26. The molecule has 0 saturated carbocycles. The number of rotatable bonds is 4. The number of hydrogen-bond donors (Lipinski definition) is 1. The molecule has 0 aliphatic heterocycles. The van der Waals surface area contributed by atoms with Crippen LogP contribution in [-0.2, 0) is 11.2 Å². The highest BCUT2D eigenvalue weighted by Crippen LogP contribution is 2.34. The first kappa shape index (κ1) is 12.5. The average molecular weight is 286 g/mol. The molecule has 0 aliphatic rings. The Hall–Kier alpha value is -0.920. The van der Waals surface area contributed by atoms with E-state index in [0.29, 0.717) is 5.69 Å². The van der Waals surface area contributed by atoms with Crippen molar-refractivity contribution < 1.29 is 9.90 Å². The van der Waals surface area contributed by atoms with Crippen LogP contribution in [0.5, 0.6) is 0 Å². The van der Waals surface area contributed by atoms with Crippen LogP contribution in [0, 0.1) is 13.8 Å². The zero-order chi connectivity index (χ0) is 12.4. The summed E-state index contributed by atoms with van der Waals surface area (Å²) in [6.45, 7) is 4.02. The van der Waals surface area contributed by atoms with E-state index in [0.717, 1.165) is 14.4 Å². The molecule has 0 radical (unpaired) electrons. The Kier molecular flexibility index (Phi) is 3.80. The summed E-state index contributed by atoms with van der Waals surface area (Å²) in [6.07, 6.45) is -0.0208. The zero-order valence-corrected chi connectivity index (χ0v) is 11.7. The molecule has 0 amide bonds. The lowest BCUT2D eigenvalue weighted by Gasteiger charge is -1.90. The third kappa shape index (κ3) is 3.27. The van der Waals surface area contributed by atoms with Gasteiger partial charge in [0, 0.05) is 10.3 Å². The number of thiazole rings is 2. The van der Waals surface area contributed by atoms with Crippen molar-refractivity contribution in [2.24, 2.45) is 0 Å². The van der Waals surface area contributed by atoms with Gasteiger partial charge in [0.05, 0.1) is 17.8 Å². The van der Waals surface area contributed by atoms with Crippen molar-refractivity contribution in [1.29, 1.82) is 0 Å². The van der Waals surface area contributed by atoms with Crippen molar-refractivity contribution in [1.82, 2.24) is 9.97 Å².